The van der Waals surface area contributed by atoms with Crippen LogP contribution in [0.15, 0.2) is 11.3 Å². The molecule has 0 aliphatic carbocycles. The van der Waals surface area contributed by atoms with Gasteiger partial charge in [0.1, 0.15) is 5.76 Å². The quantitative estimate of drug-likeness (QED) is 0.663. The molecule has 104 valence electrons. The lowest BCUT2D eigenvalue weighted by Gasteiger charge is -2.22. The molecule has 1 rings (SSSR count). The third-order valence-electron chi connectivity index (χ3n) is 3.41. The lowest BCUT2D eigenvalue weighted by molar-refractivity contribution is -0.108. The first-order valence-corrected chi connectivity index (χ1v) is 7.63. The number of aliphatic hydroxyl groups is 2. The molecule has 1 aliphatic heterocycles. The molecule has 0 saturated heterocycles. The van der Waals surface area contributed by atoms with Crippen LogP contribution in [0.4, 0.5) is 0 Å². The first-order chi connectivity index (χ1) is 8.55. The van der Waals surface area contributed by atoms with Crippen LogP contribution in [0.1, 0.15) is 58.8 Å². The Labute approximate surface area is 114 Å². The summed E-state index contributed by atoms with van der Waals surface area (Å²) in [6, 6.07) is 0. The van der Waals surface area contributed by atoms with Crippen LogP contribution in [0.25, 0.3) is 0 Å². The number of carbonyl (C=O) groups excluding carboxylic acids is 1. The summed E-state index contributed by atoms with van der Waals surface area (Å²) >= 11 is 1.28. The predicted molar refractivity (Wildman–Crippen MR) is 75.7 cm³/mol. The lowest BCUT2D eigenvalue weighted by atomic mass is 9.96. The fourth-order valence-electron chi connectivity index (χ4n) is 2.30. The number of unbranched alkanes of at least 4 members (excludes halogenated alkanes) is 3. The first-order valence-electron chi connectivity index (χ1n) is 6.82. The van der Waals surface area contributed by atoms with E-state index in [-0.39, 0.29) is 11.7 Å². The summed E-state index contributed by atoms with van der Waals surface area (Å²) in [4.78, 5) is 11.8. The van der Waals surface area contributed by atoms with Crippen LogP contribution >= 0.6 is 11.8 Å². The summed E-state index contributed by atoms with van der Waals surface area (Å²) < 4.78 is -0.416. The highest BCUT2D eigenvalue weighted by Gasteiger charge is 2.42. The average molecular weight is 272 g/mol. The summed E-state index contributed by atoms with van der Waals surface area (Å²) in [5, 5.41) is 19.0. The van der Waals surface area contributed by atoms with Gasteiger partial charge in [-0.1, -0.05) is 44.4 Å². The largest absolute Gasteiger partial charge is 0.510 e. The van der Waals surface area contributed by atoms with Crippen LogP contribution in [0, 0.1) is 0 Å². The summed E-state index contributed by atoms with van der Waals surface area (Å²) in [5.74, 6) is 0.307. The van der Waals surface area contributed by atoms with Gasteiger partial charge in [-0.25, -0.2) is 0 Å². The first kappa shape index (κ1) is 15.6. The van der Waals surface area contributed by atoms with Crippen molar-refractivity contribution >= 4 is 16.9 Å². The monoisotopic (exact) mass is 272 g/mol. The van der Waals surface area contributed by atoms with Crippen LogP contribution in [0.2, 0.25) is 0 Å². The van der Waals surface area contributed by atoms with Gasteiger partial charge in [0.2, 0.25) is 5.12 Å². The minimum atomic E-state index is -0.416. The van der Waals surface area contributed by atoms with Crippen molar-refractivity contribution in [2.24, 2.45) is 0 Å². The van der Waals surface area contributed by atoms with Crippen molar-refractivity contribution in [1.29, 1.82) is 0 Å². The molecule has 0 fully saturated rings. The van der Waals surface area contributed by atoms with E-state index in [1.165, 1.54) is 11.8 Å². The van der Waals surface area contributed by atoms with Gasteiger partial charge in [0.25, 0.3) is 0 Å². The minimum Gasteiger partial charge on any atom is -0.510 e. The molecule has 4 heteroatoms. The summed E-state index contributed by atoms with van der Waals surface area (Å²) in [7, 11) is 0. The van der Waals surface area contributed by atoms with Crippen molar-refractivity contribution in [2.75, 3.05) is 6.61 Å². The molecule has 2 N–H and O–H groups in total. The zero-order valence-corrected chi connectivity index (χ0v) is 12.2. The average Bonchev–Trinajstić information content (AvgIpc) is 2.54. The highest BCUT2D eigenvalue weighted by Crippen LogP contribution is 2.46. The van der Waals surface area contributed by atoms with Crippen LogP contribution in [0.3, 0.4) is 0 Å². The zero-order chi connectivity index (χ0) is 13.6. The molecule has 0 aromatic rings. The van der Waals surface area contributed by atoms with Gasteiger partial charge in [-0.3, -0.25) is 4.79 Å². The fraction of sp³-hybridized carbons (Fsp3) is 0.786. The molecule has 1 atom stereocenters. The van der Waals surface area contributed by atoms with Crippen molar-refractivity contribution in [3.8, 4) is 0 Å². The third kappa shape index (κ3) is 3.75. The van der Waals surface area contributed by atoms with E-state index >= 15 is 0 Å². The van der Waals surface area contributed by atoms with Crippen LogP contribution < -0.4 is 0 Å². The van der Waals surface area contributed by atoms with Crippen LogP contribution in [0.5, 0.6) is 0 Å². The highest BCUT2D eigenvalue weighted by molar-refractivity contribution is 8.15. The lowest BCUT2D eigenvalue weighted by Crippen LogP contribution is -2.20. The number of hydrogen-bond acceptors (Lipinski definition) is 4. The third-order valence-corrected chi connectivity index (χ3v) is 4.69. The van der Waals surface area contributed by atoms with Gasteiger partial charge >= 0.3 is 0 Å². The number of hydrogen-bond donors (Lipinski definition) is 2. The SMILES string of the molecule is CCCC1=C(O)C(C)(CCCCCCO)SC1=O. The molecular weight excluding hydrogens is 248 g/mol. The van der Waals surface area contributed by atoms with Crippen molar-refractivity contribution in [1.82, 2.24) is 0 Å². The number of rotatable bonds is 8. The molecule has 0 aromatic carbocycles. The Bertz CT molecular complexity index is 325. The second-order valence-corrected chi connectivity index (χ2v) is 6.56. The second kappa shape index (κ2) is 7.19. The molecule has 1 heterocycles. The minimum absolute atomic E-state index is 0.0483. The molecule has 0 spiro atoms. The Hall–Kier alpha value is -0.480. The number of carbonyl (C=O) groups is 1. The van der Waals surface area contributed by atoms with Crippen molar-refractivity contribution in [3.05, 3.63) is 11.3 Å². The Morgan fingerprint density at radius 3 is 2.50 bits per heavy atom. The number of thioether (sulfide) groups is 1. The van der Waals surface area contributed by atoms with Gasteiger partial charge < -0.3 is 10.2 Å². The zero-order valence-electron chi connectivity index (χ0n) is 11.4. The summed E-state index contributed by atoms with van der Waals surface area (Å²) in [5.41, 5.74) is 0.625. The van der Waals surface area contributed by atoms with E-state index in [4.69, 9.17) is 5.11 Å². The Balaban J connectivity index is 2.51. The maximum atomic E-state index is 11.8. The van der Waals surface area contributed by atoms with Crippen LogP contribution in [-0.4, -0.2) is 26.7 Å². The van der Waals surface area contributed by atoms with Crippen molar-refractivity contribution in [2.45, 2.75) is 63.5 Å². The molecule has 1 aliphatic rings. The van der Waals surface area contributed by atoms with Gasteiger partial charge in [-0.05, 0) is 26.2 Å². The van der Waals surface area contributed by atoms with Crippen molar-refractivity contribution in [3.63, 3.8) is 0 Å². The van der Waals surface area contributed by atoms with Gasteiger partial charge in [-0.15, -0.1) is 0 Å². The predicted octanol–water partition coefficient (Wildman–Crippen LogP) is 3.57. The molecule has 0 amide bonds. The maximum absolute atomic E-state index is 11.8. The molecule has 3 nitrogen and oxygen atoms in total. The Kier molecular flexibility index (Phi) is 6.22. The normalized spacial score (nSPS) is 24.1. The van der Waals surface area contributed by atoms with E-state index in [1.54, 1.807) is 0 Å². The van der Waals surface area contributed by atoms with E-state index in [0.717, 1.165) is 38.5 Å². The molecule has 0 aromatic heterocycles. The summed E-state index contributed by atoms with van der Waals surface area (Å²) in [6.45, 7) is 4.22. The highest BCUT2D eigenvalue weighted by atomic mass is 32.2. The van der Waals surface area contributed by atoms with Crippen LogP contribution in [-0.2, 0) is 4.79 Å². The van der Waals surface area contributed by atoms with Gasteiger partial charge in [-0.2, -0.15) is 0 Å². The van der Waals surface area contributed by atoms with Gasteiger partial charge in [0.05, 0.1) is 4.75 Å². The van der Waals surface area contributed by atoms with E-state index < -0.39 is 4.75 Å². The van der Waals surface area contributed by atoms with E-state index in [2.05, 4.69) is 0 Å². The molecular formula is C14H24O3S. The van der Waals surface area contributed by atoms with E-state index in [1.807, 2.05) is 13.8 Å². The van der Waals surface area contributed by atoms with Crippen molar-refractivity contribution < 1.29 is 15.0 Å². The fourth-order valence-corrected chi connectivity index (χ4v) is 3.50. The van der Waals surface area contributed by atoms with E-state index in [9.17, 15) is 9.90 Å². The van der Waals surface area contributed by atoms with E-state index in [0.29, 0.717) is 17.8 Å². The van der Waals surface area contributed by atoms with Gasteiger partial charge in [0, 0.05) is 12.2 Å². The molecule has 18 heavy (non-hydrogen) atoms. The number of aliphatic hydroxyl groups excluding tert-OH is 2. The Morgan fingerprint density at radius 1 is 1.22 bits per heavy atom. The molecule has 0 bridgehead atoms. The summed E-state index contributed by atoms with van der Waals surface area (Å²) in [6.07, 6.45) is 6.27. The molecule has 0 saturated carbocycles. The smallest absolute Gasteiger partial charge is 0.219 e. The standard InChI is InChI=1S/C14H24O3S/c1-3-8-11-12(16)14(2,18-13(11)17)9-6-4-5-7-10-15/h15-16H,3-10H2,1-2H3. The molecule has 0 radical (unpaired) electrons. The second-order valence-electron chi connectivity index (χ2n) is 5.09. The topological polar surface area (TPSA) is 57.5 Å². The van der Waals surface area contributed by atoms with Gasteiger partial charge in [0.15, 0.2) is 0 Å². The maximum Gasteiger partial charge on any atom is 0.219 e. The Morgan fingerprint density at radius 2 is 1.89 bits per heavy atom. The molecule has 1 unspecified atom stereocenters.